The molecule has 45 heavy (non-hydrogen) atoms. The molecule has 0 fully saturated rings. The number of carbonyl (C=O) groups excluding carboxylic acids is 1. The van der Waals surface area contributed by atoms with E-state index in [4.69, 9.17) is 19.5 Å². The van der Waals surface area contributed by atoms with E-state index in [1.807, 2.05) is 68.5 Å². The summed E-state index contributed by atoms with van der Waals surface area (Å²) in [5.74, 6) is 0.737. The Morgan fingerprint density at radius 3 is 2.60 bits per heavy atom. The van der Waals surface area contributed by atoms with Crippen LogP contribution < -0.4 is 24.4 Å². The van der Waals surface area contributed by atoms with Crippen LogP contribution in [0.4, 0.5) is 0 Å². The molecular formula is C34H29BrIN3O5S. The molecule has 0 saturated carbocycles. The van der Waals surface area contributed by atoms with Gasteiger partial charge in [-0.05, 0) is 114 Å². The van der Waals surface area contributed by atoms with Gasteiger partial charge in [0.25, 0.3) is 5.56 Å². The van der Waals surface area contributed by atoms with Crippen molar-refractivity contribution in [3.8, 4) is 17.6 Å². The summed E-state index contributed by atoms with van der Waals surface area (Å²) in [4.78, 5) is 32.6. The maximum absolute atomic E-state index is 14.1. The SMILES string of the molecule is CCOC(=O)C1=C(C)N=c2s/c(=C\c3cc(Br)c(OCc4ccc(C#N)cc4)c(I)c3)c(=O)n2[C@@H]1c1ccccc1OC(C)C. The molecule has 1 atom stereocenters. The number of aromatic nitrogens is 1. The number of fused-ring (bicyclic) bond motifs is 1. The maximum atomic E-state index is 14.1. The van der Waals surface area contributed by atoms with Crippen LogP contribution in [-0.2, 0) is 16.1 Å². The smallest absolute Gasteiger partial charge is 0.338 e. The van der Waals surface area contributed by atoms with Gasteiger partial charge in [-0.3, -0.25) is 9.36 Å². The van der Waals surface area contributed by atoms with E-state index < -0.39 is 12.0 Å². The lowest BCUT2D eigenvalue weighted by Gasteiger charge is -2.26. The fourth-order valence-corrected chi connectivity index (χ4v) is 7.75. The second-order valence-electron chi connectivity index (χ2n) is 10.4. The van der Waals surface area contributed by atoms with Crippen molar-refractivity contribution < 1.29 is 19.0 Å². The highest BCUT2D eigenvalue weighted by molar-refractivity contribution is 14.1. The molecule has 3 aromatic carbocycles. The first-order chi connectivity index (χ1) is 21.6. The van der Waals surface area contributed by atoms with Gasteiger partial charge in [0, 0.05) is 5.56 Å². The lowest BCUT2D eigenvalue weighted by Crippen LogP contribution is -2.40. The molecule has 0 unspecified atom stereocenters. The number of rotatable bonds is 9. The van der Waals surface area contributed by atoms with Gasteiger partial charge in [0.2, 0.25) is 0 Å². The molecule has 230 valence electrons. The third kappa shape index (κ3) is 7.08. The number of esters is 1. The molecule has 8 nitrogen and oxygen atoms in total. The Balaban J connectivity index is 1.56. The first-order valence-corrected chi connectivity index (χ1v) is 16.9. The number of ether oxygens (including phenoxy) is 3. The largest absolute Gasteiger partial charge is 0.491 e. The van der Waals surface area contributed by atoms with Crippen LogP contribution >= 0.6 is 49.9 Å². The van der Waals surface area contributed by atoms with Gasteiger partial charge in [-0.2, -0.15) is 5.26 Å². The topological polar surface area (TPSA) is 103 Å². The predicted octanol–water partition coefficient (Wildman–Crippen LogP) is 6.40. The Morgan fingerprint density at radius 1 is 1.20 bits per heavy atom. The number of nitriles is 1. The Bertz CT molecular complexity index is 2000. The van der Waals surface area contributed by atoms with Crippen molar-refractivity contribution >= 4 is 61.9 Å². The number of allylic oxidation sites excluding steroid dienone is 1. The van der Waals surface area contributed by atoms with E-state index in [0.29, 0.717) is 49.8 Å². The minimum atomic E-state index is -0.776. The van der Waals surface area contributed by atoms with E-state index in [2.05, 4.69) is 49.6 Å². The standard InChI is InChI=1S/C34H29BrIN3O5S/c1-5-42-33(41)29-20(4)38-34-39(30(29)24-8-6-7-9-27(24)44-19(2)3)32(40)28(45-34)16-23-14-25(35)31(26(36)15-23)43-18-22-12-10-21(17-37)11-13-22/h6-16,19,30H,5,18H2,1-4H3/b28-16-/t30-/m1/s1. The number of thiazole rings is 1. The maximum Gasteiger partial charge on any atom is 0.338 e. The number of benzene rings is 3. The Morgan fingerprint density at radius 2 is 1.93 bits per heavy atom. The van der Waals surface area contributed by atoms with E-state index in [9.17, 15) is 9.59 Å². The minimum absolute atomic E-state index is 0.116. The Kier molecular flexibility index (Phi) is 10.3. The van der Waals surface area contributed by atoms with Crippen LogP contribution in [-0.4, -0.2) is 23.2 Å². The van der Waals surface area contributed by atoms with Crippen LogP contribution in [0.2, 0.25) is 0 Å². The van der Waals surface area contributed by atoms with Gasteiger partial charge in [0.15, 0.2) is 4.80 Å². The van der Waals surface area contributed by atoms with E-state index in [0.717, 1.165) is 19.2 Å². The van der Waals surface area contributed by atoms with Crippen molar-refractivity contribution in [2.45, 2.75) is 46.4 Å². The zero-order valence-corrected chi connectivity index (χ0v) is 29.5. The molecule has 0 spiro atoms. The van der Waals surface area contributed by atoms with Gasteiger partial charge in [-0.15, -0.1) is 0 Å². The summed E-state index contributed by atoms with van der Waals surface area (Å²) < 4.78 is 21.3. The number of halogens is 2. The zero-order chi connectivity index (χ0) is 32.2. The minimum Gasteiger partial charge on any atom is -0.491 e. The van der Waals surface area contributed by atoms with Gasteiger partial charge < -0.3 is 14.2 Å². The molecular weight excluding hydrogens is 769 g/mol. The Hall–Kier alpha value is -3.73. The van der Waals surface area contributed by atoms with Crippen molar-refractivity contribution in [1.82, 2.24) is 4.57 Å². The summed E-state index contributed by atoms with van der Waals surface area (Å²) in [7, 11) is 0. The van der Waals surface area contributed by atoms with E-state index >= 15 is 0 Å². The van der Waals surface area contributed by atoms with Gasteiger partial charge >= 0.3 is 5.97 Å². The van der Waals surface area contributed by atoms with Crippen LogP contribution in [0.1, 0.15) is 56.0 Å². The molecule has 11 heteroatoms. The summed E-state index contributed by atoms with van der Waals surface area (Å²) in [6.07, 6.45) is 1.70. The highest BCUT2D eigenvalue weighted by atomic mass is 127. The average Bonchev–Trinajstić information content (AvgIpc) is 3.30. The molecule has 0 radical (unpaired) electrons. The molecule has 1 aliphatic heterocycles. The summed E-state index contributed by atoms with van der Waals surface area (Å²) in [6.45, 7) is 7.89. The molecule has 1 aromatic heterocycles. The highest BCUT2D eigenvalue weighted by Gasteiger charge is 2.35. The molecule has 0 saturated heterocycles. The number of hydrogen-bond acceptors (Lipinski definition) is 8. The second-order valence-corrected chi connectivity index (χ2v) is 13.4. The quantitative estimate of drug-likeness (QED) is 0.144. The fraction of sp³-hybridized carbons (Fsp3) is 0.235. The van der Waals surface area contributed by atoms with Crippen LogP contribution in [0.25, 0.3) is 6.08 Å². The average molecular weight is 798 g/mol. The third-order valence-electron chi connectivity index (χ3n) is 6.88. The normalized spacial score (nSPS) is 14.5. The van der Waals surface area contributed by atoms with Crippen molar-refractivity contribution in [3.63, 3.8) is 0 Å². The van der Waals surface area contributed by atoms with Crippen molar-refractivity contribution in [2.24, 2.45) is 4.99 Å². The summed E-state index contributed by atoms with van der Waals surface area (Å²) in [5.41, 5.74) is 3.53. The predicted molar refractivity (Wildman–Crippen MR) is 185 cm³/mol. The fourth-order valence-electron chi connectivity index (χ4n) is 4.94. The molecule has 4 aromatic rings. The lowest BCUT2D eigenvalue weighted by molar-refractivity contribution is -0.139. The lowest BCUT2D eigenvalue weighted by atomic mass is 9.95. The first kappa shape index (κ1) is 32.7. The highest BCUT2D eigenvalue weighted by Crippen LogP contribution is 2.36. The first-order valence-electron chi connectivity index (χ1n) is 14.2. The molecule has 0 aliphatic carbocycles. The van der Waals surface area contributed by atoms with Gasteiger partial charge in [-0.25, -0.2) is 9.79 Å². The van der Waals surface area contributed by atoms with Crippen molar-refractivity contribution in [1.29, 1.82) is 5.26 Å². The van der Waals surface area contributed by atoms with Crippen molar-refractivity contribution in [3.05, 3.63) is 122 Å². The zero-order valence-electron chi connectivity index (χ0n) is 25.0. The van der Waals surface area contributed by atoms with Gasteiger partial charge in [-0.1, -0.05) is 41.7 Å². The van der Waals surface area contributed by atoms with Crippen LogP contribution in [0.3, 0.4) is 0 Å². The monoisotopic (exact) mass is 797 g/mol. The number of hydrogen-bond donors (Lipinski definition) is 0. The molecule has 1 aliphatic rings. The van der Waals surface area contributed by atoms with Gasteiger partial charge in [0.1, 0.15) is 24.1 Å². The number of carbonyl (C=O) groups is 1. The molecule has 5 rings (SSSR count). The van der Waals surface area contributed by atoms with Crippen LogP contribution in [0.5, 0.6) is 11.5 Å². The van der Waals surface area contributed by atoms with Crippen molar-refractivity contribution in [2.75, 3.05) is 6.61 Å². The van der Waals surface area contributed by atoms with Gasteiger partial charge in [0.05, 0.1) is 48.2 Å². The molecule has 0 N–H and O–H groups in total. The van der Waals surface area contributed by atoms with E-state index in [-0.39, 0.29) is 18.3 Å². The van der Waals surface area contributed by atoms with E-state index in [1.165, 1.54) is 11.3 Å². The number of para-hydroxylation sites is 1. The Labute approximate surface area is 286 Å². The van der Waals surface area contributed by atoms with Crippen LogP contribution in [0, 0.1) is 14.9 Å². The summed E-state index contributed by atoms with van der Waals surface area (Å²) in [6, 6.07) is 19.9. The summed E-state index contributed by atoms with van der Waals surface area (Å²) in [5, 5.41) is 9.03. The second kappa shape index (κ2) is 14.1. The molecule has 2 heterocycles. The number of nitrogens with zero attached hydrogens (tertiary/aromatic N) is 3. The van der Waals surface area contributed by atoms with Crippen LogP contribution in [0.15, 0.2) is 86.2 Å². The van der Waals surface area contributed by atoms with E-state index in [1.54, 1.807) is 30.5 Å². The molecule has 0 bridgehead atoms. The molecule has 0 amide bonds. The summed E-state index contributed by atoms with van der Waals surface area (Å²) >= 11 is 7.10. The third-order valence-corrected chi connectivity index (χ3v) is 9.25.